The number of nitrogens with zero attached hydrogens (tertiary/aromatic N) is 2. The first-order valence-electron chi connectivity index (χ1n) is 3.53. The Bertz CT molecular complexity index is 388. The molecule has 1 heterocycles. The van der Waals surface area contributed by atoms with Crippen molar-refractivity contribution in [1.82, 2.24) is 4.98 Å². The maximum atomic E-state index is 12.4. The van der Waals surface area contributed by atoms with E-state index in [9.17, 15) is 8.78 Å². The highest BCUT2D eigenvalue weighted by Crippen LogP contribution is 2.29. The van der Waals surface area contributed by atoms with Gasteiger partial charge in [0.1, 0.15) is 11.8 Å². The van der Waals surface area contributed by atoms with Gasteiger partial charge in [-0.15, -0.1) is 0 Å². The number of hydrogen-bond acceptors (Lipinski definition) is 2. The molecule has 1 aromatic heterocycles. The van der Waals surface area contributed by atoms with E-state index in [4.69, 9.17) is 5.26 Å². The van der Waals surface area contributed by atoms with Crippen LogP contribution in [0.1, 0.15) is 23.2 Å². The van der Waals surface area contributed by atoms with Gasteiger partial charge in [0, 0.05) is 16.0 Å². The van der Waals surface area contributed by atoms with Crippen molar-refractivity contribution in [3.63, 3.8) is 0 Å². The number of hydrogen-bond donors (Lipinski definition) is 0. The van der Waals surface area contributed by atoms with Crippen molar-refractivity contribution in [2.24, 2.45) is 0 Å². The Morgan fingerprint density at radius 2 is 2.21 bits per heavy atom. The lowest BCUT2D eigenvalue weighted by Gasteiger charge is -2.06. The van der Waals surface area contributed by atoms with Crippen LogP contribution in [0.3, 0.4) is 0 Å². The molecule has 0 aliphatic rings. The quantitative estimate of drug-likeness (QED) is 0.780. The fourth-order valence-corrected chi connectivity index (χ4v) is 2.24. The summed E-state index contributed by atoms with van der Waals surface area (Å²) in [5.41, 5.74) is 0.0898. The molecule has 2 nitrogen and oxygen atoms in total. The molecule has 0 unspecified atom stereocenters. The van der Waals surface area contributed by atoms with E-state index in [1.54, 1.807) is 6.07 Å². The molecular weight excluding hydrogens is 322 g/mol. The molecule has 0 spiro atoms. The molecular formula is C8H4Br2F2N2. The third-order valence-corrected chi connectivity index (χ3v) is 3.09. The highest BCUT2D eigenvalue weighted by molar-refractivity contribution is 9.10. The van der Waals surface area contributed by atoms with Gasteiger partial charge in [-0.2, -0.15) is 5.26 Å². The number of halogens is 4. The summed E-state index contributed by atoms with van der Waals surface area (Å²) in [6, 6.07) is 1.71. The molecule has 1 rings (SSSR count). The second-order valence-corrected chi connectivity index (χ2v) is 3.76. The van der Waals surface area contributed by atoms with Gasteiger partial charge in [0.2, 0.25) is 0 Å². The zero-order valence-electron chi connectivity index (χ0n) is 6.77. The number of nitriles is 1. The minimum absolute atomic E-state index is 0.100. The summed E-state index contributed by atoms with van der Waals surface area (Å²) in [7, 11) is 0. The standard InChI is InChI=1S/C8H4Br2F2N2/c9-1-4-3-14-7(8(11)12)5(2-13)6(4)10/h3,8H,1H2. The van der Waals surface area contributed by atoms with Crippen LogP contribution in [0.4, 0.5) is 8.78 Å². The molecule has 1 aromatic rings. The lowest BCUT2D eigenvalue weighted by atomic mass is 10.1. The summed E-state index contributed by atoms with van der Waals surface area (Å²) in [4.78, 5) is 3.55. The van der Waals surface area contributed by atoms with Gasteiger partial charge in [0.25, 0.3) is 6.43 Å². The molecule has 0 aliphatic heterocycles. The van der Waals surface area contributed by atoms with Crippen molar-refractivity contribution in [2.75, 3.05) is 0 Å². The molecule has 0 aliphatic carbocycles. The van der Waals surface area contributed by atoms with Crippen LogP contribution in [0.25, 0.3) is 0 Å². The third-order valence-electron chi connectivity index (χ3n) is 1.58. The molecule has 74 valence electrons. The summed E-state index contributed by atoms with van der Waals surface area (Å²) in [5, 5.41) is 9.16. The number of pyridine rings is 1. The van der Waals surface area contributed by atoms with E-state index >= 15 is 0 Å². The number of aromatic nitrogens is 1. The molecule has 0 saturated heterocycles. The van der Waals surface area contributed by atoms with Gasteiger partial charge in [-0.3, -0.25) is 4.98 Å². The van der Waals surface area contributed by atoms with Crippen molar-refractivity contribution < 1.29 is 8.78 Å². The van der Waals surface area contributed by atoms with Gasteiger partial charge in [0.15, 0.2) is 0 Å². The molecule has 0 saturated carbocycles. The Balaban J connectivity index is 3.38. The molecule has 0 amide bonds. The molecule has 0 bridgehead atoms. The SMILES string of the molecule is N#Cc1c(C(F)F)ncc(CBr)c1Br. The predicted molar refractivity (Wildman–Crippen MR) is 54.2 cm³/mol. The molecule has 0 radical (unpaired) electrons. The molecule has 0 N–H and O–H groups in total. The van der Waals surface area contributed by atoms with Crippen molar-refractivity contribution in [3.8, 4) is 6.07 Å². The van der Waals surface area contributed by atoms with Crippen LogP contribution in [0, 0.1) is 11.3 Å². The molecule has 6 heteroatoms. The van der Waals surface area contributed by atoms with Crippen LogP contribution < -0.4 is 0 Å². The van der Waals surface area contributed by atoms with Crippen LogP contribution in [0.5, 0.6) is 0 Å². The minimum atomic E-state index is -2.73. The normalized spacial score (nSPS) is 10.3. The highest BCUT2D eigenvalue weighted by atomic mass is 79.9. The van der Waals surface area contributed by atoms with Gasteiger partial charge >= 0.3 is 0 Å². The van der Waals surface area contributed by atoms with Gasteiger partial charge in [-0.25, -0.2) is 8.78 Å². The zero-order valence-corrected chi connectivity index (χ0v) is 9.94. The van der Waals surface area contributed by atoms with Crippen LogP contribution >= 0.6 is 31.9 Å². The van der Waals surface area contributed by atoms with E-state index in [-0.39, 0.29) is 5.56 Å². The summed E-state index contributed by atoms with van der Waals surface area (Å²) in [5.74, 6) is 0. The van der Waals surface area contributed by atoms with E-state index in [1.807, 2.05) is 0 Å². The van der Waals surface area contributed by atoms with E-state index in [1.165, 1.54) is 6.20 Å². The first kappa shape index (κ1) is 11.5. The minimum Gasteiger partial charge on any atom is -0.253 e. The molecule has 0 aromatic carbocycles. The monoisotopic (exact) mass is 324 g/mol. The Labute approximate surface area is 96.2 Å². The van der Waals surface area contributed by atoms with Crippen LogP contribution in [0.15, 0.2) is 10.7 Å². The van der Waals surface area contributed by atoms with E-state index in [0.717, 1.165) is 0 Å². The fourth-order valence-electron chi connectivity index (χ4n) is 0.907. The lowest BCUT2D eigenvalue weighted by Crippen LogP contribution is -1.99. The number of alkyl halides is 3. The number of rotatable bonds is 2. The van der Waals surface area contributed by atoms with E-state index in [0.29, 0.717) is 15.4 Å². The smallest absolute Gasteiger partial charge is 0.253 e. The van der Waals surface area contributed by atoms with Gasteiger partial charge in [0.05, 0.1) is 5.56 Å². The van der Waals surface area contributed by atoms with Crippen molar-refractivity contribution >= 4 is 31.9 Å². The average molecular weight is 326 g/mol. The molecule has 0 atom stereocenters. The van der Waals surface area contributed by atoms with Crippen LogP contribution in [0.2, 0.25) is 0 Å². The predicted octanol–water partition coefficient (Wildman–Crippen LogP) is 3.55. The Morgan fingerprint density at radius 3 is 2.64 bits per heavy atom. The third kappa shape index (κ3) is 2.10. The summed E-state index contributed by atoms with van der Waals surface area (Å²) in [6.45, 7) is 0. The molecule has 0 fully saturated rings. The van der Waals surface area contributed by atoms with E-state index < -0.39 is 12.1 Å². The first-order chi connectivity index (χ1) is 6.61. The van der Waals surface area contributed by atoms with Crippen LogP contribution in [-0.4, -0.2) is 4.98 Å². The Kier molecular flexibility index (Phi) is 3.96. The second kappa shape index (κ2) is 4.80. The highest BCUT2D eigenvalue weighted by Gasteiger charge is 2.18. The van der Waals surface area contributed by atoms with Crippen molar-refractivity contribution in [3.05, 3.63) is 27.5 Å². The summed E-state index contributed by atoms with van der Waals surface area (Å²) in [6.07, 6.45) is -1.41. The first-order valence-corrected chi connectivity index (χ1v) is 5.44. The summed E-state index contributed by atoms with van der Waals surface area (Å²) >= 11 is 6.26. The average Bonchev–Trinajstić information content (AvgIpc) is 2.17. The zero-order chi connectivity index (χ0) is 10.7. The summed E-state index contributed by atoms with van der Waals surface area (Å²) < 4.78 is 25.1. The Hall–Kier alpha value is -0.540. The fraction of sp³-hybridized carbons (Fsp3) is 0.250. The van der Waals surface area contributed by atoms with E-state index in [2.05, 4.69) is 36.8 Å². The maximum absolute atomic E-state index is 12.4. The maximum Gasteiger partial charge on any atom is 0.281 e. The largest absolute Gasteiger partial charge is 0.281 e. The van der Waals surface area contributed by atoms with Crippen LogP contribution in [-0.2, 0) is 5.33 Å². The van der Waals surface area contributed by atoms with Crippen molar-refractivity contribution in [2.45, 2.75) is 11.8 Å². The molecule has 14 heavy (non-hydrogen) atoms. The van der Waals surface area contributed by atoms with Gasteiger partial charge in [-0.05, 0) is 21.5 Å². The van der Waals surface area contributed by atoms with Gasteiger partial charge < -0.3 is 0 Å². The van der Waals surface area contributed by atoms with Gasteiger partial charge in [-0.1, -0.05) is 15.9 Å². The lowest BCUT2D eigenvalue weighted by molar-refractivity contribution is 0.145. The topological polar surface area (TPSA) is 36.7 Å². The second-order valence-electron chi connectivity index (χ2n) is 2.40. The Morgan fingerprint density at radius 1 is 1.57 bits per heavy atom. The van der Waals surface area contributed by atoms with Crippen molar-refractivity contribution in [1.29, 1.82) is 5.26 Å².